The molecule has 0 saturated carbocycles. The fourth-order valence-electron chi connectivity index (χ4n) is 4.97. The molecule has 7 nitrogen and oxygen atoms in total. The first-order chi connectivity index (χ1) is 16.4. The van der Waals surface area contributed by atoms with Crippen LogP contribution in [0.15, 0.2) is 47.3 Å². The Hall–Kier alpha value is -3.32. The van der Waals surface area contributed by atoms with Gasteiger partial charge in [0.2, 0.25) is 0 Å². The zero-order valence-electron chi connectivity index (χ0n) is 20.5. The number of para-hydroxylation sites is 2. The van der Waals surface area contributed by atoms with E-state index in [0.717, 1.165) is 48.0 Å². The van der Waals surface area contributed by atoms with Crippen LogP contribution in [0, 0.1) is 13.8 Å². The molecule has 0 radical (unpaired) electrons. The van der Waals surface area contributed by atoms with Crippen molar-refractivity contribution in [1.82, 2.24) is 14.8 Å². The molecule has 2 N–H and O–H groups in total. The molecule has 34 heavy (non-hydrogen) atoms. The Morgan fingerprint density at radius 2 is 2.03 bits per heavy atom. The van der Waals surface area contributed by atoms with E-state index in [1.54, 1.807) is 12.0 Å². The topological polar surface area (TPSA) is 77.7 Å². The van der Waals surface area contributed by atoms with Gasteiger partial charge in [0.25, 0.3) is 5.56 Å². The third-order valence-corrected chi connectivity index (χ3v) is 6.72. The number of anilines is 1. The minimum atomic E-state index is -0.243. The molecule has 1 saturated heterocycles. The quantitative estimate of drug-likeness (QED) is 0.535. The Labute approximate surface area is 200 Å². The summed E-state index contributed by atoms with van der Waals surface area (Å²) in [7, 11) is 1.58. The van der Waals surface area contributed by atoms with E-state index in [1.165, 1.54) is 0 Å². The number of ether oxygens (including phenoxy) is 1. The third-order valence-electron chi connectivity index (χ3n) is 6.72. The lowest BCUT2D eigenvalue weighted by molar-refractivity contribution is 0.174. The highest BCUT2D eigenvalue weighted by Crippen LogP contribution is 2.25. The molecule has 0 aliphatic carbocycles. The van der Waals surface area contributed by atoms with E-state index in [-0.39, 0.29) is 24.2 Å². The van der Waals surface area contributed by atoms with Crippen molar-refractivity contribution in [3.05, 3.63) is 69.5 Å². The van der Waals surface area contributed by atoms with E-state index in [9.17, 15) is 9.59 Å². The number of amides is 2. The number of carbonyl (C=O) groups excluding carboxylic acids is 1. The van der Waals surface area contributed by atoms with Gasteiger partial charge >= 0.3 is 6.03 Å². The van der Waals surface area contributed by atoms with E-state index in [0.29, 0.717) is 23.5 Å². The Morgan fingerprint density at radius 1 is 1.24 bits per heavy atom. The summed E-state index contributed by atoms with van der Waals surface area (Å²) in [5, 5.41) is 4.00. The van der Waals surface area contributed by atoms with Crippen molar-refractivity contribution in [2.45, 2.75) is 46.2 Å². The molecule has 0 bridgehead atoms. The van der Waals surface area contributed by atoms with Crippen molar-refractivity contribution in [2.75, 3.05) is 32.1 Å². The predicted molar refractivity (Wildman–Crippen MR) is 137 cm³/mol. The number of methoxy groups -OCH3 is 1. The van der Waals surface area contributed by atoms with Gasteiger partial charge in [0.05, 0.1) is 19.3 Å². The molecule has 180 valence electrons. The maximum Gasteiger partial charge on any atom is 0.322 e. The molecule has 2 aromatic carbocycles. The number of pyridine rings is 1. The van der Waals surface area contributed by atoms with Gasteiger partial charge in [-0.15, -0.1) is 0 Å². The number of hydrogen-bond acceptors (Lipinski definition) is 4. The van der Waals surface area contributed by atoms with Gasteiger partial charge in [0.1, 0.15) is 5.75 Å². The summed E-state index contributed by atoms with van der Waals surface area (Å²) >= 11 is 0. The highest BCUT2D eigenvalue weighted by Gasteiger charge is 2.28. The van der Waals surface area contributed by atoms with Gasteiger partial charge in [0.15, 0.2) is 0 Å². The Morgan fingerprint density at radius 3 is 2.79 bits per heavy atom. The van der Waals surface area contributed by atoms with Crippen LogP contribution in [0.25, 0.3) is 10.9 Å². The maximum absolute atomic E-state index is 13.5. The van der Waals surface area contributed by atoms with Crippen LogP contribution in [0.4, 0.5) is 10.5 Å². The number of aromatic amines is 1. The highest BCUT2D eigenvalue weighted by atomic mass is 16.5. The lowest BCUT2D eigenvalue weighted by atomic mass is 10.0. The molecule has 1 aliphatic rings. The summed E-state index contributed by atoms with van der Waals surface area (Å²) in [6, 6.07) is 13.4. The van der Waals surface area contributed by atoms with Gasteiger partial charge in [-0.1, -0.05) is 25.1 Å². The van der Waals surface area contributed by atoms with E-state index in [2.05, 4.69) is 28.2 Å². The number of nitrogens with zero attached hydrogens (tertiary/aromatic N) is 2. The van der Waals surface area contributed by atoms with Gasteiger partial charge in [-0.3, -0.25) is 9.69 Å². The minimum absolute atomic E-state index is 0.161. The van der Waals surface area contributed by atoms with Crippen LogP contribution in [0.5, 0.6) is 5.75 Å². The molecule has 1 unspecified atom stereocenters. The molecule has 3 aromatic rings. The number of benzene rings is 2. The number of carbonyl (C=O) groups is 1. The van der Waals surface area contributed by atoms with Crippen molar-refractivity contribution in [3.63, 3.8) is 0 Å². The number of urea groups is 1. The van der Waals surface area contributed by atoms with Crippen LogP contribution < -0.4 is 15.6 Å². The number of rotatable bonds is 7. The van der Waals surface area contributed by atoms with Gasteiger partial charge in [-0.05, 0) is 75.2 Å². The monoisotopic (exact) mass is 462 g/mol. The predicted octanol–water partition coefficient (Wildman–Crippen LogP) is 4.67. The van der Waals surface area contributed by atoms with Crippen molar-refractivity contribution in [1.29, 1.82) is 0 Å². The summed E-state index contributed by atoms with van der Waals surface area (Å²) in [6.07, 6.45) is 2.16. The first kappa shape index (κ1) is 23.8. The summed E-state index contributed by atoms with van der Waals surface area (Å²) in [6.45, 7) is 8.98. The molecule has 0 spiro atoms. The van der Waals surface area contributed by atoms with Crippen LogP contribution in [0.3, 0.4) is 0 Å². The molecule has 4 rings (SSSR count). The van der Waals surface area contributed by atoms with Crippen molar-refractivity contribution in [3.8, 4) is 5.75 Å². The number of likely N-dealkylation sites (tertiary alicyclic amines) is 1. The second kappa shape index (κ2) is 10.3. The highest BCUT2D eigenvalue weighted by molar-refractivity contribution is 5.91. The zero-order chi connectivity index (χ0) is 24.2. The van der Waals surface area contributed by atoms with Crippen molar-refractivity contribution >= 4 is 22.6 Å². The smallest absolute Gasteiger partial charge is 0.322 e. The van der Waals surface area contributed by atoms with Crippen molar-refractivity contribution < 1.29 is 9.53 Å². The number of nitrogens with one attached hydrogen (secondary N) is 2. The number of H-pyrrole nitrogens is 1. The molecule has 2 amide bonds. The van der Waals surface area contributed by atoms with E-state index in [4.69, 9.17) is 4.74 Å². The fourth-order valence-corrected chi connectivity index (χ4v) is 4.97. The van der Waals surface area contributed by atoms with Gasteiger partial charge in [0, 0.05) is 29.1 Å². The van der Waals surface area contributed by atoms with Crippen molar-refractivity contribution in [2.24, 2.45) is 0 Å². The second-order valence-electron chi connectivity index (χ2n) is 9.10. The third kappa shape index (κ3) is 5.09. The Balaban J connectivity index is 1.66. The molecule has 1 aromatic heterocycles. The molecule has 7 heteroatoms. The average Bonchev–Trinajstić information content (AvgIpc) is 3.26. The summed E-state index contributed by atoms with van der Waals surface area (Å²) in [5.41, 5.74) is 4.06. The van der Waals surface area contributed by atoms with Crippen LogP contribution in [0.1, 0.15) is 36.5 Å². The largest absolute Gasteiger partial charge is 0.495 e. The number of fused-ring (bicyclic) bond motifs is 1. The number of aryl methyl sites for hydroxylation is 2. The fraction of sp³-hybridized carbons (Fsp3) is 0.407. The summed E-state index contributed by atoms with van der Waals surface area (Å²) < 4.78 is 5.41. The van der Waals surface area contributed by atoms with Crippen LogP contribution in [-0.2, 0) is 6.54 Å². The SMILES string of the molecule is CCN1CCCC1CN(Cc1cc2c(C)cc(C)cc2[nH]c1=O)C(=O)Nc1ccccc1OC. The molecular weight excluding hydrogens is 428 g/mol. The minimum Gasteiger partial charge on any atom is -0.495 e. The Bertz CT molecular complexity index is 1240. The van der Waals surface area contributed by atoms with Crippen LogP contribution in [0.2, 0.25) is 0 Å². The van der Waals surface area contributed by atoms with E-state index < -0.39 is 0 Å². The average molecular weight is 463 g/mol. The first-order valence-electron chi connectivity index (χ1n) is 12.0. The number of likely N-dealkylation sites (N-methyl/N-ethyl adjacent to an activating group) is 1. The molecule has 1 aliphatic heterocycles. The molecular formula is C27H34N4O3. The molecule has 1 fully saturated rings. The lowest BCUT2D eigenvalue weighted by Gasteiger charge is -2.30. The summed E-state index contributed by atoms with van der Waals surface area (Å²) in [4.78, 5) is 33.6. The van der Waals surface area contributed by atoms with Crippen LogP contribution in [-0.4, -0.2) is 53.6 Å². The first-order valence-corrected chi connectivity index (χ1v) is 12.0. The normalized spacial score (nSPS) is 16.1. The standard InChI is InChI=1S/C27H34N4O3/c1-5-30-12-8-9-21(30)17-31(27(33)29-23-10-6-7-11-25(23)34-4)16-20-15-22-19(3)13-18(2)14-24(22)28-26(20)32/h6-7,10-11,13-15,21H,5,8-9,12,16-17H2,1-4H3,(H,28,32)(H,29,33). The van der Waals surface area contributed by atoms with E-state index >= 15 is 0 Å². The maximum atomic E-state index is 13.5. The lowest BCUT2D eigenvalue weighted by Crippen LogP contribution is -2.45. The second-order valence-corrected chi connectivity index (χ2v) is 9.10. The van der Waals surface area contributed by atoms with E-state index in [1.807, 2.05) is 50.2 Å². The molecule has 2 heterocycles. The van der Waals surface area contributed by atoms with Crippen LogP contribution >= 0.6 is 0 Å². The zero-order valence-corrected chi connectivity index (χ0v) is 20.5. The number of hydrogen-bond donors (Lipinski definition) is 2. The van der Waals surface area contributed by atoms with Gasteiger partial charge < -0.3 is 19.9 Å². The Kier molecular flexibility index (Phi) is 7.22. The molecule has 1 atom stereocenters. The van der Waals surface area contributed by atoms with Gasteiger partial charge in [-0.25, -0.2) is 4.79 Å². The summed E-state index contributed by atoms with van der Waals surface area (Å²) in [5.74, 6) is 0.599. The number of aromatic nitrogens is 1. The van der Waals surface area contributed by atoms with Gasteiger partial charge in [-0.2, -0.15) is 0 Å².